The van der Waals surface area contributed by atoms with Crippen LogP contribution in [-0.2, 0) is 4.79 Å². The predicted octanol–water partition coefficient (Wildman–Crippen LogP) is 0.549. The highest BCUT2D eigenvalue weighted by atomic mass is 16.7. The summed E-state index contributed by atoms with van der Waals surface area (Å²) in [6, 6.07) is 7.41. The molecule has 0 saturated heterocycles. The molecule has 0 unspecified atom stereocenters. The molecular weight excluding hydrogens is 184 g/mol. The summed E-state index contributed by atoms with van der Waals surface area (Å²) < 4.78 is 0. The number of carbonyl (C=O) groups is 1. The quantitative estimate of drug-likeness (QED) is 0.771. The lowest BCUT2D eigenvalue weighted by molar-refractivity contribution is -0.142. The number of nitrogens with zero attached hydrogens (tertiary/aromatic N) is 2. The molecule has 5 nitrogen and oxygen atoms in total. The van der Waals surface area contributed by atoms with E-state index >= 15 is 0 Å². The minimum Gasteiger partial charge on any atom is -0.479 e. The molecule has 5 heteroatoms. The maximum absolute atomic E-state index is 10.3. The number of fused-ring (bicyclic) bond motifs is 1. The molecule has 1 aromatic carbocycles. The van der Waals surface area contributed by atoms with Gasteiger partial charge in [-0.2, -0.15) is 0 Å². The largest absolute Gasteiger partial charge is 0.479 e. The van der Waals surface area contributed by atoms with Gasteiger partial charge in [-0.1, -0.05) is 23.0 Å². The Morgan fingerprint density at radius 3 is 3.07 bits per heavy atom. The van der Waals surface area contributed by atoms with E-state index in [9.17, 15) is 4.79 Å². The number of carboxylic acids is 1. The third kappa shape index (κ3) is 1.52. The number of hydrogen-bond acceptors (Lipinski definition) is 3. The van der Waals surface area contributed by atoms with Gasteiger partial charge in [-0.25, -0.2) is 4.79 Å². The van der Waals surface area contributed by atoms with E-state index in [0.29, 0.717) is 0 Å². The fourth-order valence-electron chi connectivity index (χ4n) is 1.17. The lowest BCUT2D eigenvalue weighted by Crippen LogP contribution is -2.20. The molecule has 14 heavy (non-hydrogen) atoms. The Balaban J connectivity index is 2.29. The average Bonchev–Trinajstić information content (AvgIpc) is 2.58. The minimum atomic E-state index is -1.02. The molecule has 0 spiro atoms. The Morgan fingerprint density at radius 1 is 1.50 bits per heavy atom. The Kier molecular flexibility index (Phi) is 2.06. The highest BCUT2D eigenvalue weighted by molar-refractivity contribution is 5.78. The van der Waals surface area contributed by atoms with Crippen LogP contribution in [-0.4, -0.2) is 27.6 Å². The van der Waals surface area contributed by atoms with E-state index in [1.807, 2.05) is 24.3 Å². The van der Waals surface area contributed by atoms with E-state index in [4.69, 9.17) is 9.94 Å². The normalized spacial score (nSPS) is 10.3. The minimum absolute atomic E-state index is 0.397. The highest BCUT2D eigenvalue weighted by Crippen LogP contribution is 2.10. The van der Waals surface area contributed by atoms with Crippen LogP contribution in [0.25, 0.3) is 10.9 Å². The molecule has 0 amide bonds. The maximum Gasteiger partial charge on any atom is 0.344 e. The molecule has 0 bridgehead atoms. The summed E-state index contributed by atoms with van der Waals surface area (Å²) >= 11 is 0. The molecular formula is C9H8N2O3. The van der Waals surface area contributed by atoms with Gasteiger partial charge in [-0.3, -0.25) is 0 Å². The van der Waals surface area contributed by atoms with E-state index in [1.165, 1.54) is 4.85 Å². The molecule has 0 aliphatic rings. The van der Waals surface area contributed by atoms with Crippen LogP contribution < -0.4 is 4.84 Å². The van der Waals surface area contributed by atoms with E-state index in [-0.39, 0.29) is 0 Å². The van der Waals surface area contributed by atoms with Gasteiger partial charge in [-0.15, -0.1) is 5.10 Å². The summed E-state index contributed by atoms with van der Waals surface area (Å²) in [5.74, 6) is -1.02. The molecule has 72 valence electrons. The zero-order valence-corrected chi connectivity index (χ0v) is 7.25. The van der Waals surface area contributed by atoms with Crippen molar-refractivity contribution in [3.63, 3.8) is 0 Å². The summed E-state index contributed by atoms with van der Waals surface area (Å²) in [5.41, 5.74) is 0.758. The van der Waals surface area contributed by atoms with Crippen LogP contribution in [0.15, 0.2) is 30.5 Å². The number of carboxylic acid groups (broad SMARTS) is 1. The molecule has 2 aromatic rings. The van der Waals surface area contributed by atoms with Crippen molar-refractivity contribution in [1.82, 2.24) is 9.94 Å². The van der Waals surface area contributed by atoms with Crippen molar-refractivity contribution in [3.05, 3.63) is 30.5 Å². The van der Waals surface area contributed by atoms with Gasteiger partial charge in [-0.05, 0) is 6.07 Å². The van der Waals surface area contributed by atoms with Crippen molar-refractivity contribution < 1.29 is 14.7 Å². The van der Waals surface area contributed by atoms with Gasteiger partial charge in [0.25, 0.3) is 0 Å². The standard InChI is InChI=1S/C9H8N2O3/c12-9(13)6-14-11-8-4-2-1-3-7(8)5-10-11/h1-5H,6H2,(H,12,13). The maximum atomic E-state index is 10.3. The lowest BCUT2D eigenvalue weighted by Gasteiger charge is -2.02. The van der Waals surface area contributed by atoms with Gasteiger partial charge in [0, 0.05) is 5.39 Å². The van der Waals surface area contributed by atoms with Crippen LogP contribution in [0, 0.1) is 0 Å². The summed E-state index contributed by atoms with van der Waals surface area (Å²) in [6.07, 6.45) is 1.62. The second-order valence-electron chi connectivity index (χ2n) is 2.74. The van der Waals surface area contributed by atoms with Crippen molar-refractivity contribution in [2.24, 2.45) is 0 Å². The zero-order valence-electron chi connectivity index (χ0n) is 7.25. The summed E-state index contributed by atoms with van der Waals surface area (Å²) in [6.45, 7) is -0.397. The molecule has 0 aliphatic carbocycles. The summed E-state index contributed by atoms with van der Waals surface area (Å²) in [4.78, 5) is 16.4. The third-order valence-corrected chi connectivity index (χ3v) is 1.75. The molecule has 2 rings (SSSR count). The van der Waals surface area contributed by atoms with Crippen molar-refractivity contribution in [3.8, 4) is 0 Å². The van der Waals surface area contributed by atoms with Crippen molar-refractivity contribution in [1.29, 1.82) is 0 Å². The van der Waals surface area contributed by atoms with E-state index < -0.39 is 12.6 Å². The topological polar surface area (TPSA) is 64.3 Å². The Labute approximate surface area is 79.5 Å². The smallest absolute Gasteiger partial charge is 0.344 e. The van der Waals surface area contributed by atoms with E-state index in [2.05, 4.69) is 5.10 Å². The number of benzene rings is 1. The van der Waals surface area contributed by atoms with Crippen molar-refractivity contribution in [2.45, 2.75) is 0 Å². The van der Waals surface area contributed by atoms with Crippen LogP contribution in [0.4, 0.5) is 0 Å². The van der Waals surface area contributed by atoms with Gasteiger partial charge < -0.3 is 9.94 Å². The van der Waals surface area contributed by atoms with Gasteiger partial charge in [0.2, 0.25) is 6.61 Å². The number of aliphatic carboxylic acids is 1. The van der Waals surface area contributed by atoms with Crippen LogP contribution in [0.2, 0.25) is 0 Å². The van der Waals surface area contributed by atoms with Crippen LogP contribution >= 0.6 is 0 Å². The second-order valence-corrected chi connectivity index (χ2v) is 2.74. The molecule has 0 fully saturated rings. The van der Waals surface area contributed by atoms with E-state index in [1.54, 1.807) is 6.20 Å². The first-order chi connectivity index (χ1) is 6.77. The number of para-hydroxylation sites is 1. The Bertz CT molecular complexity index is 464. The van der Waals surface area contributed by atoms with Crippen LogP contribution in [0.3, 0.4) is 0 Å². The van der Waals surface area contributed by atoms with Crippen LogP contribution in [0.1, 0.15) is 0 Å². The lowest BCUT2D eigenvalue weighted by atomic mass is 10.3. The fraction of sp³-hybridized carbons (Fsp3) is 0.111. The van der Waals surface area contributed by atoms with Gasteiger partial charge in [0.1, 0.15) is 5.52 Å². The Morgan fingerprint density at radius 2 is 2.29 bits per heavy atom. The van der Waals surface area contributed by atoms with E-state index in [0.717, 1.165) is 10.9 Å². The third-order valence-electron chi connectivity index (χ3n) is 1.75. The zero-order chi connectivity index (χ0) is 9.97. The van der Waals surface area contributed by atoms with Gasteiger partial charge in [0.05, 0.1) is 6.20 Å². The number of hydrogen-bond donors (Lipinski definition) is 1. The molecule has 1 aromatic heterocycles. The first kappa shape index (κ1) is 8.55. The molecule has 0 saturated carbocycles. The molecule has 0 radical (unpaired) electrons. The predicted molar refractivity (Wildman–Crippen MR) is 48.8 cm³/mol. The summed E-state index contributed by atoms with van der Waals surface area (Å²) in [7, 11) is 0. The highest BCUT2D eigenvalue weighted by Gasteiger charge is 2.03. The van der Waals surface area contributed by atoms with Gasteiger partial charge >= 0.3 is 5.97 Å². The average molecular weight is 192 g/mol. The monoisotopic (exact) mass is 192 g/mol. The van der Waals surface area contributed by atoms with Crippen molar-refractivity contribution >= 4 is 16.9 Å². The van der Waals surface area contributed by atoms with Crippen LogP contribution in [0.5, 0.6) is 0 Å². The second kappa shape index (κ2) is 3.37. The molecule has 1 N–H and O–H groups in total. The molecule has 1 heterocycles. The Hall–Kier alpha value is -2.04. The fourth-order valence-corrected chi connectivity index (χ4v) is 1.17. The van der Waals surface area contributed by atoms with Crippen molar-refractivity contribution in [2.75, 3.05) is 6.61 Å². The molecule has 0 aliphatic heterocycles. The molecule has 0 atom stereocenters. The number of rotatable bonds is 3. The first-order valence-electron chi connectivity index (χ1n) is 4.05. The SMILES string of the molecule is O=C(O)COn1ncc2ccccc21. The van der Waals surface area contributed by atoms with Gasteiger partial charge in [0.15, 0.2) is 0 Å². The summed E-state index contributed by atoms with van der Waals surface area (Å²) in [5, 5.41) is 13.2. The first-order valence-corrected chi connectivity index (χ1v) is 4.05. The number of aromatic nitrogens is 2.